The number of fused-ring (bicyclic) bond motifs is 4. The first-order valence-corrected chi connectivity index (χ1v) is 20.0. The van der Waals surface area contributed by atoms with Gasteiger partial charge in [0.1, 0.15) is 10.9 Å². The monoisotopic (exact) mass is 782 g/mol. The summed E-state index contributed by atoms with van der Waals surface area (Å²) in [6.07, 6.45) is -1.30. The van der Waals surface area contributed by atoms with Crippen LogP contribution in [0.15, 0.2) is 77.3 Å². The van der Waals surface area contributed by atoms with Gasteiger partial charge in [0.15, 0.2) is 28.7 Å². The summed E-state index contributed by atoms with van der Waals surface area (Å²) < 4.78 is 63.6. The second-order valence-electron chi connectivity index (χ2n) is 14.7. The summed E-state index contributed by atoms with van der Waals surface area (Å²) in [7, 11) is -2.76. The number of allylic oxidation sites excluding steroid dienone is 1. The van der Waals surface area contributed by atoms with E-state index in [1.807, 2.05) is 70.2 Å². The van der Waals surface area contributed by atoms with E-state index in [1.165, 1.54) is 17.0 Å². The van der Waals surface area contributed by atoms with E-state index in [9.17, 15) is 13.2 Å². The molecule has 1 aliphatic carbocycles. The maximum atomic E-state index is 15.1. The second-order valence-corrected chi connectivity index (χ2v) is 16.3. The molecule has 4 aromatic carbocycles. The van der Waals surface area contributed by atoms with E-state index in [0.717, 1.165) is 22.3 Å². The van der Waals surface area contributed by atoms with Gasteiger partial charge in [-0.1, -0.05) is 54.1 Å². The minimum Gasteiger partial charge on any atom is -0.493 e. The highest BCUT2D eigenvalue weighted by Crippen LogP contribution is 2.56. The van der Waals surface area contributed by atoms with Crippen LogP contribution >= 0.6 is 0 Å². The van der Waals surface area contributed by atoms with E-state index in [2.05, 4.69) is 0 Å². The number of ether oxygens (including phenoxy) is 5. The third-order valence-electron chi connectivity index (χ3n) is 9.90. The summed E-state index contributed by atoms with van der Waals surface area (Å²) in [4.78, 5) is 32.7. The molecule has 0 aromatic heterocycles. The Balaban J connectivity index is 1.44. The summed E-state index contributed by atoms with van der Waals surface area (Å²) in [5, 5.41) is 0. The molecule has 0 bridgehead atoms. The molecule has 294 valence electrons. The zero-order chi connectivity index (χ0) is 40.1. The molecule has 13 heteroatoms. The lowest BCUT2D eigenvalue weighted by atomic mass is 9.96. The number of benzene rings is 4. The lowest BCUT2D eigenvalue weighted by Crippen LogP contribution is -2.55. The maximum Gasteiger partial charge on any atom is 0.415 e. The summed E-state index contributed by atoms with van der Waals surface area (Å²) in [6.45, 7) is 12.8. The molecular formula is C43H46N2O10S. The highest BCUT2D eigenvalue weighted by atomic mass is 32.2. The van der Waals surface area contributed by atoms with Crippen LogP contribution in [0.4, 0.5) is 4.79 Å². The number of nitrogens with zero attached hydrogens (tertiary/aromatic N) is 2. The molecule has 0 fully saturated rings. The molecule has 1 atom stereocenters. The molecule has 0 spiro atoms. The Kier molecular flexibility index (Phi) is 10.4. The molecule has 2 amide bonds. The number of aryl methyl sites for hydroxylation is 2. The number of carbonyl (C=O) groups is 2. The van der Waals surface area contributed by atoms with E-state index < -0.39 is 28.4 Å². The van der Waals surface area contributed by atoms with Crippen molar-refractivity contribution in [2.75, 3.05) is 13.9 Å². The fourth-order valence-electron chi connectivity index (χ4n) is 7.53. The Morgan fingerprint density at radius 2 is 1.59 bits per heavy atom. The van der Waals surface area contributed by atoms with Gasteiger partial charge in [0.2, 0.25) is 6.79 Å². The summed E-state index contributed by atoms with van der Waals surface area (Å²) in [6, 6.07) is 18.6. The van der Waals surface area contributed by atoms with Crippen LogP contribution in [0.2, 0.25) is 0 Å². The molecule has 56 heavy (non-hydrogen) atoms. The number of hydrogen-bond acceptors (Lipinski definition) is 10. The first-order chi connectivity index (χ1) is 26.7. The van der Waals surface area contributed by atoms with Crippen molar-refractivity contribution in [3.05, 3.63) is 111 Å². The van der Waals surface area contributed by atoms with Crippen LogP contribution in [0.1, 0.15) is 66.6 Å². The van der Waals surface area contributed by atoms with Crippen LogP contribution in [-0.2, 0) is 39.0 Å². The van der Waals surface area contributed by atoms with Crippen molar-refractivity contribution in [1.29, 1.82) is 0 Å². The van der Waals surface area contributed by atoms with Crippen molar-refractivity contribution in [1.82, 2.24) is 9.80 Å². The van der Waals surface area contributed by atoms with E-state index in [-0.39, 0.29) is 54.6 Å². The zero-order valence-corrected chi connectivity index (χ0v) is 33.6. The Hall–Kier alpha value is -5.69. The summed E-state index contributed by atoms with van der Waals surface area (Å²) >= 11 is 0. The molecule has 0 radical (unpaired) electrons. The standard InChI is InChI=1S/C43H46N2O10S/c1-24(2)53-35-20-30(18-27(6)38(35)50-8)19-34-42(46)44(22-29-12-10-9-11-13-29)33-21-32-36(37(33)45(34)43(47)54-25(3)4)41-40(51-23-52-41)28(7)39(32)55-56(48,49)31-16-14-26(5)15-17-31/h9-18,20,24-25,34H,19,21-23H2,1-8H3. The second kappa shape index (κ2) is 15.1. The molecule has 12 nitrogen and oxygen atoms in total. The molecule has 4 aromatic rings. The minimum atomic E-state index is -4.34. The van der Waals surface area contributed by atoms with Crippen molar-refractivity contribution in [2.24, 2.45) is 0 Å². The SMILES string of the molecule is COc1c(C)cc(CC2C(=O)N(Cc3ccccc3)C3=C(c4c(c(OS(=O)(=O)c5ccc(C)cc5)c(C)c5c4OCO5)C3)N2C(=O)OC(C)C)cc1OC(C)C. The number of carbonyl (C=O) groups excluding carboxylic acids is 2. The van der Waals surface area contributed by atoms with E-state index in [4.69, 9.17) is 27.9 Å². The molecule has 3 aliphatic rings. The number of methoxy groups -OCH3 is 1. The molecular weight excluding hydrogens is 737 g/mol. The van der Waals surface area contributed by atoms with Crippen molar-refractivity contribution >= 4 is 27.8 Å². The lowest BCUT2D eigenvalue weighted by Gasteiger charge is -2.41. The van der Waals surface area contributed by atoms with Gasteiger partial charge in [0.25, 0.3) is 5.91 Å². The average Bonchev–Trinajstić information content (AvgIpc) is 3.78. The highest BCUT2D eigenvalue weighted by Gasteiger charge is 2.50. The quantitative estimate of drug-likeness (QED) is 0.140. The fourth-order valence-corrected chi connectivity index (χ4v) is 8.54. The van der Waals surface area contributed by atoms with Crippen LogP contribution in [0.3, 0.4) is 0 Å². The summed E-state index contributed by atoms with van der Waals surface area (Å²) in [5.41, 5.74) is 5.34. The molecule has 7 rings (SSSR count). The van der Waals surface area contributed by atoms with Gasteiger partial charge in [-0.05, 0) is 83.4 Å². The number of hydrogen-bond donors (Lipinski definition) is 0. The van der Waals surface area contributed by atoms with Crippen LogP contribution in [0.25, 0.3) is 5.70 Å². The minimum absolute atomic E-state index is 0.0247. The van der Waals surface area contributed by atoms with E-state index in [1.54, 1.807) is 44.9 Å². The van der Waals surface area contributed by atoms with Gasteiger partial charge in [-0.15, -0.1) is 0 Å². The van der Waals surface area contributed by atoms with E-state index in [0.29, 0.717) is 45.3 Å². The maximum absolute atomic E-state index is 15.1. The van der Waals surface area contributed by atoms with Crippen LogP contribution in [-0.4, -0.2) is 62.4 Å². The van der Waals surface area contributed by atoms with E-state index >= 15 is 4.79 Å². The molecule has 2 aliphatic heterocycles. The Morgan fingerprint density at radius 1 is 0.893 bits per heavy atom. The van der Waals surface area contributed by atoms with Crippen molar-refractivity contribution in [2.45, 2.75) is 91.0 Å². The largest absolute Gasteiger partial charge is 0.493 e. The third kappa shape index (κ3) is 7.11. The van der Waals surface area contributed by atoms with Gasteiger partial charge in [-0.2, -0.15) is 8.42 Å². The van der Waals surface area contributed by atoms with Crippen molar-refractivity contribution in [3.8, 4) is 28.7 Å². The average molecular weight is 783 g/mol. The molecule has 1 unspecified atom stereocenters. The van der Waals surface area contributed by atoms with Gasteiger partial charge < -0.3 is 32.8 Å². The third-order valence-corrected chi connectivity index (χ3v) is 11.1. The topological polar surface area (TPSA) is 130 Å². The molecule has 0 saturated carbocycles. The van der Waals surface area contributed by atoms with Crippen LogP contribution in [0.5, 0.6) is 28.7 Å². The summed E-state index contributed by atoms with van der Waals surface area (Å²) in [5.74, 6) is 1.39. The van der Waals surface area contributed by atoms with Gasteiger partial charge >= 0.3 is 16.2 Å². The molecule has 2 heterocycles. The number of rotatable bonds is 11. The molecule has 0 saturated heterocycles. The number of amides is 2. The smallest absolute Gasteiger partial charge is 0.415 e. The lowest BCUT2D eigenvalue weighted by molar-refractivity contribution is -0.135. The Bertz CT molecular complexity index is 2340. The van der Waals surface area contributed by atoms with Crippen LogP contribution < -0.4 is 23.1 Å². The fraction of sp³-hybridized carbons (Fsp3) is 0.349. The van der Waals surface area contributed by atoms with Gasteiger partial charge in [-0.25, -0.2) is 4.79 Å². The first-order valence-electron chi connectivity index (χ1n) is 18.6. The van der Waals surface area contributed by atoms with Crippen molar-refractivity contribution < 1.29 is 45.9 Å². The van der Waals surface area contributed by atoms with Gasteiger partial charge in [0, 0.05) is 24.0 Å². The van der Waals surface area contributed by atoms with Crippen molar-refractivity contribution in [3.63, 3.8) is 0 Å². The van der Waals surface area contributed by atoms with Gasteiger partial charge in [-0.3, -0.25) is 9.69 Å². The highest BCUT2D eigenvalue weighted by molar-refractivity contribution is 7.87. The first kappa shape index (κ1) is 38.6. The Labute approximate surface area is 327 Å². The van der Waals surface area contributed by atoms with Gasteiger partial charge in [0.05, 0.1) is 42.8 Å². The predicted octanol–water partition coefficient (Wildman–Crippen LogP) is 7.63. The predicted molar refractivity (Wildman–Crippen MR) is 208 cm³/mol. The molecule has 0 N–H and O–H groups in total. The zero-order valence-electron chi connectivity index (χ0n) is 32.8. The van der Waals surface area contributed by atoms with Crippen LogP contribution in [0, 0.1) is 20.8 Å². The Morgan fingerprint density at radius 3 is 2.25 bits per heavy atom. The normalized spacial score (nSPS) is 16.0.